The highest BCUT2D eigenvalue weighted by Gasteiger charge is 2.25. The Bertz CT molecular complexity index is 650. The van der Waals surface area contributed by atoms with Crippen LogP contribution in [0.4, 0.5) is 0 Å². The first-order chi connectivity index (χ1) is 8.78. The van der Waals surface area contributed by atoms with E-state index < -0.39 is 0 Å². The van der Waals surface area contributed by atoms with Gasteiger partial charge in [0.25, 0.3) is 0 Å². The van der Waals surface area contributed by atoms with Crippen LogP contribution in [-0.2, 0) is 4.79 Å². The lowest BCUT2D eigenvalue weighted by atomic mass is 10.2. The van der Waals surface area contributed by atoms with Gasteiger partial charge in [0.2, 0.25) is 5.91 Å². The highest BCUT2D eigenvalue weighted by Crippen LogP contribution is 2.14. The van der Waals surface area contributed by atoms with E-state index in [-0.39, 0.29) is 11.9 Å². The summed E-state index contributed by atoms with van der Waals surface area (Å²) in [6.45, 7) is 1.95. The molecule has 5 nitrogen and oxygen atoms in total. The van der Waals surface area contributed by atoms with E-state index in [9.17, 15) is 4.79 Å². The highest BCUT2D eigenvalue weighted by molar-refractivity contribution is 6.14. The summed E-state index contributed by atoms with van der Waals surface area (Å²) in [5, 5.41) is 2.80. The van der Waals surface area contributed by atoms with Crippen LogP contribution in [0.5, 0.6) is 0 Å². The maximum absolute atomic E-state index is 11.6. The molecule has 1 unspecified atom stereocenters. The van der Waals surface area contributed by atoms with E-state index in [2.05, 4.69) is 20.3 Å². The maximum Gasteiger partial charge on any atom is 0.250 e. The molecule has 1 N–H and O–H groups in total. The van der Waals surface area contributed by atoms with Crippen molar-refractivity contribution in [1.82, 2.24) is 15.3 Å². The van der Waals surface area contributed by atoms with Crippen LogP contribution in [0.3, 0.4) is 0 Å². The smallest absolute Gasteiger partial charge is 0.250 e. The third-order valence-electron chi connectivity index (χ3n) is 2.96. The van der Waals surface area contributed by atoms with Gasteiger partial charge in [-0.15, -0.1) is 0 Å². The Morgan fingerprint density at radius 2 is 2.00 bits per heavy atom. The summed E-state index contributed by atoms with van der Waals surface area (Å²) in [4.78, 5) is 24.4. The Morgan fingerprint density at radius 3 is 2.72 bits per heavy atom. The second-order valence-corrected chi connectivity index (χ2v) is 4.15. The average Bonchev–Trinajstić information content (AvgIpc) is 2.79. The lowest BCUT2D eigenvalue weighted by Gasteiger charge is -2.02. The summed E-state index contributed by atoms with van der Waals surface area (Å²) in [6.07, 6.45) is 4.02. The normalized spacial score (nSPS) is 18.8. The van der Waals surface area contributed by atoms with Gasteiger partial charge in [0.05, 0.1) is 11.0 Å². The molecule has 0 aliphatic carbocycles. The summed E-state index contributed by atoms with van der Waals surface area (Å²) in [5.41, 5.74) is 2.50. The summed E-state index contributed by atoms with van der Waals surface area (Å²) < 4.78 is 0. The molecule has 1 aliphatic rings. The molecule has 90 valence electrons. The van der Waals surface area contributed by atoms with Crippen LogP contribution in [0.25, 0.3) is 11.0 Å². The zero-order valence-corrected chi connectivity index (χ0v) is 9.92. The minimum absolute atomic E-state index is 0.0354. The zero-order valence-electron chi connectivity index (χ0n) is 9.92. The van der Waals surface area contributed by atoms with E-state index >= 15 is 0 Å². The van der Waals surface area contributed by atoms with E-state index in [4.69, 9.17) is 0 Å². The molecule has 0 bridgehead atoms. The minimum Gasteiger partial charge on any atom is -0.309 e. The molecule has 0 fully saturated rings. The standard InChI is InChI=1S/C13H12N4O/c1-2-9-13(18)17-12(16-9)8-3-4-10-11(7-8)15-6-5-14-10/h3-7,9H,2H2,1H3,(H,16,17,18). The fraction of sp³-hybridized carbons (Fsp3) is 0.231. The van der Waals surface area contributed by atoms with Crippen molar-refractivity contribution in [1.29, 1.82) is 0 Å². The Labute approximate surface area is 104 Å². The van der Waals surface area contributed by atoms with Crippen molar-refractivity contribution in [3.63, 3.8) is 0 Å². The average molecular weight is 240 g/mol. The predicted molar refractivity (Wildman–Crippen MR) is 68.3 cm³/mol. The van der Waals surface area contributed by atoms with Crippen LogP contribution >= 0.6 is 0 Å². The summed E-state index contributed by atoms with van der Waals surface area (Å²) in [5.74, 6) is 0.589. The van der Waals surface area contributed by atoms with Gasteiger partial charge in [0, 0.05) is 18.0 Å². The molecule has 1 amide bonds. The van der Waals surface area contributed by atoms with Crippen molar-refractivity contribution in [3.05, 3.63) is 36.2 Å². The summed E-state index contributed by atoms with van der Waals surface area (Å²) in [6, 6.07) is 5.40. The fourth-order valence-corrected chi connectivity index (χ4v) is 1.98. The Hall–Kier alpha value is -2.30. The number of nitrogens with zero attached hydrogens (tertiary/aromatic N) is 3. The molecule has 2 heterocycles. The first kappa shape index (κ1) is 10.8. The number of hydrogen-bond donors (Lipinski definition) is 1. The minimum atomic E-state index is -0.266. The number of amidine groups is 1. The number of nitrogens with one attached hydrogen (secondary N) is 1. The van der Waals surface area contributed by atoms with Gasteiger partial charge in [0.15, 0.2) is 0 Å². The number of hydrogen-bond acceptors (Lipinski definition) is 4. The number of carbonyl (C=O) groups is 1. The van der Waals surface area contributed by atoms with Crippen LogP contribution in [-0.4, -0.2) is 27.8 Å². The highest BCUT2D eigenvalue weighted by atomic mass is 16.2. The first-order valence-corrected chi connectivity index (χ1v) is 5.87. The van der Waals surface area contributed by atoms with Crippen LogP contribution in [0, 0.1) is 0 Å². The summed E-state index contributed by atoms with van der Waals surface area (Å²) >= 11 is 0. The second-order valence-electron chi connectivity index (χ2n) is 4.15. The van der Waals surface area contributed by atoms with Gasteiger partial charge >= 0.3 is 0 Å². The Kier molecular flexibility index (Phi) is 2.51. The molecule has 0 saturated carbocycles. The molecule has 3 rings (SSSR count). The monoisotopic (exact) mass is 240 g/mol. The van der Waals surface area contributed by atoms with Gasteiger partial charge in [-0.25, -0.2) is 0 Å². The van der Waals surface area contributed by atoms with Crippen molar-refractivity contribution < 1.29 is 4.79 Å². The number of aliphatic imine (C=N–C) groups is 1. The molecule has 1 atom stereocenters. The zero-order chi connectivity index (χ0) is 12.5. The molecule has 0 spiro atoms. The lowest BCUT2D eigenvalue weighted by molar-refractivity contribution is -0.120. The molecular formula is C13H12N4O. The van der Waals surface area contributed by atoms with Crippen LogP contribution in [0.2, 0.25) is 0 Å². The molecule has 18 heavy (non-hydrogen) atoms. The van der Waals surface area contributed by atoms with E-state index in [0.29, 0.717) is 12.3 Å². The molecule has 1 aromatic heterocycles. The lowest BCUT2D eigenvalue weighted by Crippen LogP contribution is -2.28. The molecule has 1 aromatic carbocycles. The Balaban J connectivity index is 2.03. The van der Waals surface area contributed by atoms with Crippen LogP contribution < -0.4 is 5.32 Å². The van der Waals surface area contributed by atoms with E-state index in [0.717, 1.165) is 16.6 Å². The number of benzene rings is 1. The van der Waals surface area contributed by atoms with Crippen molar-refractivity contribution in [2.45, 2.75) is 19.4 Å². The van der Waals surface area contributed by atoms with Crippen LogP contribution in [0.15, 0.2) is 35.6 Å². The molecule has 0 saturated heterocycles. The van der Waals surface area contributed by atoms with Crippen LogP contribution in [0.1, 0.15) is 18.9 Å². The van der Waals surface area contributed by atoms with Crippen molar-refractivity contribution >= 4 is 22.8 Å². The van der Waals surface area contributed by atoms with Crippen molar-refractivity contribution in [3.8, 4) is 0 Å². The largest absolute Gasteiger partial charge is 0.309 e. The molecule has 0 radical (unpaired) electrons. The van der Waals surface area contributed by atoms with Gasteiger partial charge in [-0.1, -0.05) is 6.92 Å². The first-order valence-electron chi connectivity index (χ1n) is 5.87. The number of fused-ring (bicyclic) bond motifs is 1. The van der Waals surface area contributed by atoms with Gasteiger partial charge in [0.1, 0.15) is 11.9 Å². The number of aromatic nitrogens is 2. The van der Waals surface area contributed by atoms with Gasteiger partial charge < -0.3 is 5.32 Å². The number of rotatable bonds is 2. The third kappa shape index (κ3) is 1.73. The predicted octanol–water partition coefficient (Wildman–Crippen LogP) is 1.28. The van der Waals surface area contributed by atoms with E-state index in [1.54, 1.807) is 12.4 Å². The topological polar surface area (TPSA) is 67.2 Å². The quantitative estimate of drug-likeness (QED) is 0.860. The Morgan fingerprint density at radius 1 is 1.22 bits per heavy atom. The van der Waals surface area contributed by atoms with E-state index in [1.165, 1.54) is 0 Å². The number of amides is 1. The molecule has 5 heteroatoms. The number of carbonyl (C=O) groups excluding carboxylic acids is 1. The van der Waals surface area contributed by atoms with E-state index in [1.807, 2.05) is 25.1 Å². The van der Waals surface area contributed by atoms with Gasteiger partial charge in [-0.3, -0.25) is 19.8 Å². The van der Waals surface area contributed by atoms with Crippen molar-refractivity contribution in [2.75, 3.05) is 0 Å². The van der Waals surface area contributed by atoms with Gasteiger partial charge in [-0.05, 0) is 24.6 Å². The summed E-state index contributed by atoms with van der Waals surface area (Å²) in [7, 11) is 0. The second kappa shape index (κ2) is 4.18. The van der Waals surface area contributed by atoms with Crippen molar-refractivity contribution in [2.24, 2.45) is 4.99 Å². The molecule has 1 aliphatic heterocycles. The molecule has 2 aromatic rings. The third-order valence-corrected chi connectivity index (χ3v) is 2.96. The molecular weight excluding hydrogens is 228 g/mol. The fourth-order valence-electron chi connectivity index (χ4n) is 1.98. The maximum atomic E-state index is 11.6. The SMILES string of the molecule is CCC1N=C(c2ccc3nccnc3c2)NC1=O. The van der Waals surface area contributed by atoms with Gasteiger partial charge in [-0.2, -0.15) is 0 Å².